The van der Waals surface area contributed by atoms with Crippen LogP contribution in [0.2, 0.25) is 0 Å². The molecule has 2 atom stereocenters. The zero-order valence-electron chi connectivity index (χ0n) is 23.9. The summed E-state index contributed by atoms with van der Waals surface area (Å²) in [4.78, 5) is 35.9. The van der Waals surface area contributed by atoms with Crippen LogP contribution in [0.1, 0.15) is 60.9 Å². The van der Waals surface area contributed by atoms with Gasteiger partial charge in [-0.1, -0.05) is 6.07 Å². The number of anilines is 1. The molecule has 2 aromatic rings. The maximum atomic E-state index is 14.6. The summed E-state index contributed by atoms with van der Waals surface area (Å²) in [5, 5.41) is 15.9. The standard InChI is InChI=1S/C30H41F2N5O4/c1-20-17-33-18-24(32)26(20)30(11-12-30)29(40)36-25(28(38)39)10-15-37(19-23(16-31)41-2)14-4-3-7-22-9-8-21-6-5-13-34-27(21)35-22/h8-9,17-18,23,25H,3-7,10-16,19H2,1-2H3,(H,34,35)(H,36,40)(H,38,39)/t23-,25+/m1/s1. The number of fused-ring (bicyclic) bond motifs is 1. The number of nitrogens with zero attached hydrogens (tertiary/aromatic N) is 3. The third-order valence-electron chi connectivity index (χ3n) is 8.17. The van der Waals surface area contributed by atoms with Crippen LogP contribution < -0.4 is 10.6 Å². The van der Waals surface area contributed by atoms with Gasteiger partial charge in [0.1, 0.15) is 24.4 Å². The van der Waals surface area contributed by atoms with Crippen molar-refractivity contribution >= 4 is 17.7 Å². The Hall–Kier alpha value is -3.18. The molecule has 9 nitrogen and oxygen atoms in total. The minimum Gasteiger partial charge on any atom is -0.480 e. The van der Waals surface area contributed by atoms with Gasteiger partial charge in [-0.25, -0.2) is 18.6 Å². The van der Waals surface area contributed by atoms with E-state index >= 15 is 0 Å². The lowest BCUT2D eigenvalue weighted by Gasteiger charge is -2.28. The average Bonchev–Trinajstić information content (AvgIpc) is 3.77. The third kappa shape index (κ3) is 7.77. The number of unbranched alkanes of at least 4 members (excludes halogenated alkanes) is 1. The summed E-state index contributed by atoms with van der Waals surface area (Å²) in [5.41, 5.74) is 2.05. The lowest BCUT2D eigenvalue weighted by atomic mass is 9.91. The molecule has 0 bridgehead atoms. The van der Waals surface area contributed by atoms with E-state index in [9.17, 15) is 23.5 Å². The second-order valence-corrected chi connectivity index (χ2v) is 11.2. The highest BCUT2D eigenvalue weighted by atomic mass is 19.1. The van der Waals surface area contributed by atoms with Crippen molar-refractivity contribution in [2.24, 2.45) is 0 Å². The molecule has 1 aliphatic carbocycles. The Balaban J connectivity index is 1.33. The smallest absolute Gasteiger partial charge is 0.326 e. The minimum atomic E-state index is -1.16. The fourth-order valence-electron chi connectivity index (χ4n) is 5.64. The summed E-state index contributed by atoms with van der Waals surface area (Å²) >= 11 is 0. The summed E-state index contributed by atoms with van der Waals surface area (Å²) in [5.74, 6) is -1.25. The van der Waals surface area contributed by atoms with E-state index in [1.54, 1.807) is 6.92 Å². The topological polar surface area (TPSA) is 117 Å². The Bertz CT molecular complexity index is 1190. The number of aromatic nitrogens is 2. The summed E-state index contributed by atoms with van der Waals surface area (Å²) in [6.45, 7) is 3.23. The van der Waals surface area contributed by atoms with Gasteiger partial charge in [-0.3, -0.25) is 9.78 Å². The number of carboxylic acid groups (broad SMARTS) is 1. The van der Waals surface area contributed by atoms with Crippen LogP contribution in [0.15, 0.2) is 24.5 Å². The molecule has 3 heterocycles. The fraction of sp³-hybridized carbons (Fsp3) is 0.600. The van der Waals surface area contributed by atoms with Gasteiger partial charge in [-0.2, -0.15) is 0 Å². The van der Waals surface area contributed by atoms with Crippen LogP contribution in [0.4, 0.5) is 14.6 Å². The molecular formula is C30H41F2N5O4. The van der Waals surface area contributed by atoms with Gasteiger partial charge in [0.2, 0.25) is 5.91 Å². The predicted octanol–water partition coefficient (Wildman–Crippen LogP) is 3.58. The molecule has 0 radical (unpaired) electrons. The van der Waals surface area contributed by atoms with Crippen LogP contribution in [0, 0.1) is 12.7 Å². The Morgan fingerprint density at radius 2 is 2.05 bits per heavy atom. The van der Waals surface area contributed by atoms with Crippen LogP contribution in [0.25, 0.3) is 0 Å². The lowest BCUT2D eigenvalue weighted by Crippen LogP contribution is -2.48. The zero-order chi connectivity index (χ0) is 29.4. The van der Waals surface area contributed by atoms with Crippen molar-refractivity contribution in [2.45, 2.75) is 75.9 Å². The first-order chi connectivity index (χ1) is 19.8. The number of amides is 1. The fourth-order valence-corrected chi connectivity index (χ4v) is 5.64. The quantitative estimate of drug-likeness (QED) is 0.261. The molecule has 1 aliphatic heterocycles. The molecule has 4 rings (SSSR count). The van der Waals surface area contributed by atoms with E-state index in [0.29, 0.717) is 38.0 Å². The number of rotatable bonds is 16. The predicted molar refractivity (Wildman–Crippen MR) is 151 cm³/mol. The third-order valence-corrected chi connectivity index (χ3v) is 8.17. The summed E-state index contributed by atoms with van der Waals surface area (Å²) in [6, 6.07) is 3.04. The SMILES string of the molecule is CO[C@H](CF)CN(CCCCc1ccc2c(n1)NCCC2)CC[C@H](NC(=O)C1(c2c(C)cncc2F)CC1)C(=O)O. The van der Waals surface area contributed by atoms with E-state index < -0.39 is 41.9 Å². The lowest BCUT2D eigenvalue weighted by molar-refractivity contribution is -0.142. The molecule has 1 fully saturated rings. The monoisotopic (exact) mass is 573 g/mol. The number of halogens is 2. The molecule has 2 aromatic heterocycles. The van der Waals surface area contributed by atoms with E-state index in [0.717, 1.165) is 56.4 Å². The Kier molecular flexibility index (Phi) is 10.6. The summed E-state index contributed by atoms with van der Waals surface area (Å²) in [7, 11) is 1.45. The van der Waals surface area contributed by atoms with Gasteiger partial charge < -0.3 is 25.4 Å². The largest absolute Gasteiger partial charge is 0.480 e. The maximum Gasteiger partial charge on any atom is 0.326 e. The first kappa shape index (κ1) is 30.8. The first-order valence-corrected chi connectivity index (χ1v) is 14.5. The highest BCUT2D eigenvalue weighted by Gasteiger charge is 2.54. The van der Waals surface area contributed by atoms with E-state index in [1.807, 2.05) is 4.90 Å². The van der Waals surface area contributed by atoms with Gasteiger partial charge in [0.15, 0.2) is 0 Å². The normalized spacial score (nSPS) is 16.9. The number of carbonyl (C=O) groups excluding carboxylic acids is 1. The van der Waals surface area contributed by atoms with Crippen molar-refractivity contribution in [3.8, 4) is 0 Å². The van der Waals surface area contributed by atoms with Crippen LogP contribution in [0.3, 0.4) is 0 Å². The molecule has 0 unspecified atom stereocenters. The van der Waals surface area contributed by atoms with Crippen molar-refractivity contribution in [3.05, 3.63) is 52.7 Å². The van der Waals surface area contributed by atoms with Crippen LogP contribution >= 0.6 is 0 Å². The van der Waals surface area contributed by atoms with E-state index in [2.05, 4.69) is 27.8 Å². The Labute approximate surface area is 240 Å². The second-order valence-electron chi connectivity index (χ2n) is 11.2. The van der Waals surface area contributed by atoms with Gasteiger partial charge in [0, 0.05) is 44.2 Å². The zero-order valence-corrected chi connectivity index (χ0v) is 23.9. The molecule has 1 saturated carbocycles. The van der Waals surface area contributed by atoms with Crippen LogP contribution in [-0.2, 0) is 32.6 Å². The van der Waals surface area contributed by atoms with Gasteiger partial charge >= 0.3 is 5.97 Å². The number of ether oxygens (including phenoxy) is 1. The van der Waals surface area contributed by atoms with E-state index in [-0.39, 0.29) is 12.0 Å². The number of nitrogens with one attached hydrogen (secondary N) is 2. The number of hydrogen-bond acceptors (Lipinski definition) is 7. The van der Waals surface area contributed by atoms with Crippen molar-refractivity contribution < 1.29 is 28.2 Å². The minimum absolute atomic E-state index is 0.121. The Morgan fingerprint density at radius 3 is 2.73 bits per heavy atom. The molecule has 2 aliphatic rings. The number of carboxylic acids is 1. The van der Waals surface area contributed by atoms with E-state index in [4.69, 9.17) is 9.72 Å². The van der Waals surface area contributed by atoms with Crippen LogP contribution in [0.5, 0.6) is 0 Å². The molecule has 41 heavy (non-hydrogen) atoms. The molecule has 0 spiro atoms. The number of hydrogen-bond donors (Lipinski definition) is 3. The first-order valence-electron chi connectivity index (χ1n) is 14.5. The van der Waals surface area contributed by atoms with Gasteiger partial charge in [0.05, 0.1) is 17.7 Å². The van der Waals surface area contributed by atoms with Crippen molar-refractivity contribution in [2.75, 3.05) is 45.3 Å². The van der Waals surface area contributed by atoms with E-state index in [1.165, 1.54) is 18.9 Å². The Morgan fingerprint density at radius 1 is 1.24 bits per heavy atom. The number of pyridine rings is 2. The molecule has 3 N–H and O–H groups in total. The molecule has 224 valence electrons. The number of methoxy groups -OCH3 is 1. The highest BCUT2D eigenvalue weighted by molar-refractivity contribution is 5.94. The molecular weight excluding hydrogens is 532 g/mol. The molecule has 0 aromatic carbocycles. The van der Waals surface area contributed by atoms with Crippen molar-refractivity contribution in [3.63, 3.8) is 0 Å². The molecule has 1 amide bonds. The second kappa shape index (κ2) is 14.1. The molecule has 11 heteroatoms. The van der Waals surface area contributed by atoms with Crippen molar-refractivity contribution in [1.82, 2.24) is 20.2 Å². The van der Waals surface area contributed by atoms with Gasteiger partial charge in [0.25, 0.3) is 0 Å². The van der Waals surface area contributed by atoms with Crippen LogP contribution in [-0.4, -0.2) is 84.0 Å². The summed E-state index contributed by atoms with van der Waals surface area (Å²) in [6.07, 6.45) is 7.60. The van der Waals surface area contributed by atoms with Gasteiger partial charge in [-0.05, 0) is 82.0 Å². The number of aryl methyl sites for hydroxylation is 3. The van der Waals surface area contributed by atoms with Gasteiger partial charge in [-0.15, -0.1) is 0 Å². The number of aliphatic carboxylic acids is 1. The highest BCUT2D eigenvalue weighted by Crippen LogP contribution is 2.50. The average molecular weight is 574 g/mol. The van der Waals surface area contributed by atoms with Crippen molar-refractivity contribution in [1.29, 1.82) is 0 Å². The number of carbonyl (C=O) groups is 2. The summed E-state index contributed by atoms with van der Waals surface area (Å²) < 4.78 is 33.3. The number of alkyl halides is 1. The maximum absolute atomic E-state index is 14.6. The molecule has 0 saturated heterocycles.